The first-order valence-corrected chi connectivity index (χ1v) is 7.10. The summed E-state index contributed by atoms with van der Waals surface area (Å²) in [5.74, 6) is -1.14. The van der Waals surface area contributed by atoms with Crippen molar-refractivity contribution < 1.29 is 14.7 Å². The van der Waals surface area contributed by atoms with Crippen molar-refractivity contribution in [2.24, 2.45) is 0 Å². The van der Waals surface area contributed by atoms with E-state index in [2.05, 4.69) is 5.32 Å². The first-order valence-electron chi connectivity index (χ1n) is 7.10. The molecule has 1 fully saturated rings. The molecule has 1 aromatic rings. The molecule has 20 heavy (non-hydrogen) atoms. The van der Waals surface area contributed by atoms with Gasteiger partial charge >= 0.3 is 5.97 Å². The van der Waals surface area contributed by atoms with Crippen LogP contribution in [-0.4, -0.2) is 23.0 Å². The molecule has 4 heteroatoms. The zero-order chi connectivity index (χ0) is 14.6. The second-order valence-electron chi connectivity index (χ2n) is 5.73. The topological polar surface area (TPSA) is 66.4 Å². The summed E-state index contributed by atoms with van der Waals surface area (Å²) >= 11 is 0. The molecule has 4 nitrogen and oxygen atoms in total. The number of hydrogen-bond donors (Lipinski definition) is 2. The minimum atomic E-state index is -1.18. The highest BCUT2D eigenvalue weighted by molar-refractivity contribution is 5.89. The van der Waals surface area contributed by atoms with Gasteiger partial charge in [0.25, 0.3) is 0 Å². The molecule has 0 spiro atoms. The Hall–Kier alpha value is -1.84. The van der Waals surface area contributed by atoms with E-state index in [9.17, 15) is 14.7 Å². The number of aliphatic carboxylic acids is 1. The van der Waals surface area contributed by atoms with Gasteiger partial charge in [-0.1, -0.05) is 43.2 Å². The summed E-state index contributed by atoms with van der Waals surface area (Å²) < 4.78 is 0. The number of carboxylic acid groups (broad SMARTS) is 1. The van der Waals surface area contributed by atoms with Gasteiger partial charge in [0.15, 0.2) is 0 Å². The summed E-state index contributed by atoms with van der Waals surface area (Å²) in [5.41, 5.74) is -0.515. The van der Waals surface area contributed by atoms with E-state index in [0.29, 0.717) is 5.56 Å². The van der Waals surface area contributed by atoms with Crippen LogP contribution in [0, 0.1) is 0 Å². The number of carbonyl (C=O) groups is 2. The lowest BCUT2D eigenvalue weighted by atomic mass is 9.79. The maximum atomic E-state index is 12.1. The zero-order valence-corrected chi connectivity index (χ0v) is 11.8. The minimum absolute atomic E-state index is 0.0250. The third-order valence-corrected chi connectivity index (χ3v) is 4.12. The van der Waals surface area contributed by atoms with Gasteiger partial charge in [0, 0.05) is 12.5 Å². The van der Waals surface area contributed by atoms with Crippen LogP contribution in [0.3, 0.4) is 0 Å². The van der Waals surface area contributed by atoms with Crippen molar-refractivity contribution in [3.05, 3.63) is 35.9 Å². The highest BCUT2D eigenvalue weighted by atomic mass is 16.4. The van der Waals surface area contributed by atoms with Crippen molar-refractivity contribution in [3.63, 3.8) is 0 Å². The average molecular weight is 275 g/mol. The molecular weight excluding hydrogens is 254 g/mol. The van der Waals surface area contributed by atoms with Crippen molar-refractivity contribution in [2.45, 2.75) is 50.5 Å². The first kappa shape index (κ1) is 14.6. The van der Waals surface area contributed by atoms with Crippen LogP contribution < -0.4 is 5.32 Å². The first-order chi connectivity index (χ1) is 9.52. The van der Waals surface area contributed by atoms with Crippen LogP contribution in [0.1, 0.15) is 44.6 Å². The Morgan fingerprint density at radius 3 is 2.40 bits per heavy atom. The number of amides is 1. The number of benzene rings is 1. The van der Waals surface area contributed by atoms with Gasteiger partial charge in [-0.25, -0.2) is 0 Å². The Bertz CT molecular complexity index is 480. The summed E-state index contributed by atoms with van der Waals surface area (Å²) in [7, 11) is 0. The van der Waals surface area contributed by atoms with Crippen LogP contribution in [0.5, 0.6) is 0 Å². The van der Waals surface area contributed by atoms with Crippen molar-refractivity contribution in [3.8, 4) is 0 Å². The predicted octanol–water partition coefficient (Wildman–Crippen LogP) is 2.48. The Kier molecular flexibility index (Phi) is 4.42. The maximum absolute atomic E-state index is 12.1. The molecular formula is C16H21NO3. The highest BCUT2D eigenvalue weighted by Gasteiger charge is 2.37. The number of carboxylic acids is 1. The summed E-state index contributed by atoms with van der Waals surface area (Å²) in [4.78, 5) is 23.7. The van der Waals surface area contributed by atoms with Crippen LogP contribution in [0.25, 0.3) is 0 Å². The van der Waals surface area contributed by atoms with Gasteiger partial charge in [0.1, 0.15) is 0 Å². The maximum Gasteiger partial charge on any atom is 0.314 e. The molecule has 108 valence electrons. The Balaban J connectivity index is 2.09. The number of nitrogens with one attached hydrogen (secondary N) is 1. The normalized spacial score (nSPS) is 18.4. The molecule has 1 aliphatic carbocycles. The lowest BCUT2D eigenvalue weighted by Crippen LogP contribution is -2.41. The Morgan fingerprint density at radius 1 is 1.25 bits per heavy atom. The van der Waals surface area contributed by atoms with Crippen LogP contribution >= 0.6 is 0 Å². The van der Waals surface area contributed by atoms with Crippen molar-refractivity contribution in [1.82, 2.24) is 5.32 Å². The van der Waals surface area contributed by atoms with Gasteiger partial charge in [-0.15, -0.1) is 0 Å². The second-order valence-corrected chi connectivity index (χ2v) is 5.73. The average Bonchev–Trinajstić information content (AvgIpc) is 2.92. The van der Waals surface area contributed by atoms with Gasteiger partial charge < -0.3 is 10.4 Å². The van der Waals surface area contributed by atoms with Crippen LogP contribution in [0.2, 0.25) is 0 Å². The molecule has 0 heterocycles. The van der Waals surface area contributed by atoms with E-state index in [-0.39, 0.29) is 18.4 Å². The lowest BCUT2D eigenvalue weighted by Gasteiger charge is -2.25. The lowest BCUT2D eigenvalue weighted by molar-refractivity contribution is -0.145. The van der Waals surface area contributed by atoms with Crippen molar-refractivity contribution in [2.75, 3.05) is 0 Å². The molecule has 1 aliphatic rings. The monoisotopic (exact) mass is 275 g/mol. The fourth-order valence-corrected chi connectivity index (χ4v) is 2.78. The van der Waals surface area contributed by atoms with E-state index in [1.165, 1.54) is 0 Å². The second kappa shape index (κ2) is 6.07. The molecule has 1 aromatic carbocycles. The SMILES string of the molecule is CC(CC(=O)NC1CCCC1)(C(=O)O)c1ccccc1. The van der Waals surface area contributed by atoms with Gasteiger partial charge in [0.2, 0.25) is 5.91 Å². The summed E-state index contributed by atoms with van der Waals surface area (Å²) in [6.45, 7) is 1.61. The van der Waals surface area contributed by atoms with E-state index >= 15 is 0 Å². The van der Waals surface area contributed by atoms with Crippen LogP contribution in [0.4, 0.5) is 0 Å². The molecule has 1 atom stereocenters. The number of carbonyl (C=O) groups excluding carboxylic acids is 1. The quantitative estimate of drug-likeness (QED) is 0.867. The third kappa shape index (κ3) is 3.18. The molecule has 0 radical (unpaired) electrons. The largest absolute Gasteiger partial charge is 0.481 e. The van der Waals surface area contributed by atoms with E-state index in [0.717, 1.165) is 25.7 Å². The van der Waals surface area contributed by atoms with Crippen LogP contribution in [0.15, 0.2) is 30.3 Å². The number of hydrogen-bond acceptors (Lipinski definition) is 2. The standard InChI is InChI=1S/C16H21NO3/c1-16(15(19)20,12-7-3-2-4-8-12)11-14(18)17-13-9-5-6-10-13/h2-4,7-8,13H,5-6,9-11H2,1H3,(H,17,18)(H,19,20). The Labute approximate surface area is 119 Å². The van der Waals surface area contributed by atoms with E-state index in [1.807, 2.05) is 6.07 Å². The van der Waals surface area contributed by atoms with Gasteiger partial charge in [-0.05, 0) is 25.3 Å². The zero-order valence-electron chi connectivity index (χ0n) is 11.8. The minimum Gasteiger partial charge on any atom is -0.481 e. The molecule has 0 saturated heterocycles. The molecule has 1 unspecified atom stereocenters. The molecule has 0 aliphatic heterocycles. The van der Waals surface area contributed by atoms with E-state index in [4.69, 9.17) is 0 Å². The van der Waals surface area contributed by atoms with Gasteiger partial charge in [-0.2, -0.15) is 0 Å². The molecule has 0 aromatic heterocycles. The van der Waals surface area contributed by atoms with E-state index < -0.39 is 11.4 Å². The van der Waals surface area contributed by atoms with Gasteiger partial charge in [0.05, 0.1) is 5.41 Å². The van der Waals surface area contributed by atoms with Gasteiger partial charge in [-0.3, -0.25) is 9.59 Å². The highest BCUT2D eigenvalue weighted by Crippen LogP contribution is 2.28. The van der Waals surface area contributed by atoms with Crippen molar-refractivity contribution in [1.29, 1.82) is 0 Å². The fourth-order valence-electron chi connectivity index (χ4n) is 2.78. The smallest absolute Gasteiger partial charge is 0.314 e. The molecule has 0 bridgehead atoms. The van der Waals surface area contributed by atoms with Crippen molar-refractivity contribution >= 4 is 11.9 Å². The predicted molar refractivity (Wildman–Crippen MR) is 76.4 cm³/mol. The molecule has 2 N–H and O–H groups in total. The fraction of sp³-hybridized carbons (Fsp3) is 0.500. The Morgan fingerprint density at radius 2 is 1.85 bits per heavy atom. The number of rotatable bonds is 5. The van der Waals surface area contributed by atoms with Crippen LogP contribution in [-0.2, 0) is 15.0 Å². The summed E-state index contributed by atoms with van der Waals surface area (Å²) in [5, 5.41) is 12.5. The molecule has 1 saturated carbocycles. The summed E-state index contributed by atoms with van der Waals surface area (Å²) in [6.07, 6.45) is 4.25. The summed E-state index contributed by atoms with van der Waals surface area (Å²) in [6, 6.07) is 9.17. The third-order valence-electron chi connectivity index (χ3n) is 4.12. The molecule has 1 amide bonds. The van der Waals surface area contributed by atoms with E-state index in [1.54, 1.807) is 31.2 Å². The molecule has 2 rings (SSSR count).